The summed E-state index contributed by atoms with van der Waals surface area (Å²) in [6.07, 6.45) is 5.71. The summed E-state index contributed by atoms with van der Waals surface area (Å²) in [6, 6.07) is 33.8. The molecule has 2 nitrogen and oxygen atoms in total. The first kappa shape index (κ1) is 24.6. The van der Waals surface area contributed by atoms with Crippen LogP contribution in [-0.4, -0.2) is 26.6 Å². The van der Waals surface area contributed by atoms with Gasteiger partial charge in [-0.2, -0.15) is 0 Å². The van der Waals surface area contributed by atoms with Crippen LogP contribution in [0, 0.1) is 0 Å². The number of benzene rings is 3. The molecule has 5 heteroatoms. The van der Waals surface area contributed by atoms with Crippen molar-refractivity contribution in [1.82, 2.24) is 0 Å². The summed E-state index contributed by atoms with van der Waals surface area (Å²) < 4.78 is 14.6. The largest absolute Gasteiger partial charge is 0.429 e. The van der Waals surface area contributed by atoms with Gasteiger partial charge < -0.3 is 8.23 Å². The topological polar surface area (TPSA) is 18.5 Å². The van der Waals surface area contributed by atoms with Gasteiger partial charge in [-0.1, -0.05) is 108 Å². The monoisotopic (exact) mass is 498 g/mol. The third-order valence-electron chi connectivity index (χ3n) is 6.34. The number of rotatable bonds is 12. The zero-order valence-electron chi connectivity index (χ0n) is 19.8. The van der Waals surface area contributed by atoms with Crippen LogP contribution in [0.1, 0.15) is 30.4 Å². The maximum atomic E-state index is 7.29. The van der Waals surface area contributed by atoms with Gasteiger partial charge in [0.15, 0.2) is 18.1 Å². The van der Waals surface area contributed by atoms with Crippen LogP contribution in [-0.2, 0) is 20.3 Å². The molecule has 2 unspecified atom stereocenters. The van der Waals surface area contributed by atoms with Crippen molar-refractivity contribution in [2.45, 2.75) is 31.4 Å². The van der Waals surface area contributed by atoms with Gasteiger partial charge in [0.2, 0.25) is 0 Å². The molecule has 0 fully saturated rings. The van der Waals surface area contributed by atoms with E-state index in [9.17, 15) is 0 Å². The lowest BCUT2D eigenvalue weighted by molar-refractivity contribution is 0.422. The maximum Gasteiger partial charge on any atom is 0.382 e. The van der Waals surface area contributed by atoms with Gasteiger partial charge in [-0.15, -0.1) is 13.2 Å². The van der Waals surface area contributed by atoms with Crippen molar-refractivity contribution < 1.29 is 8.23 Å². The normalized spacial score (nSPS) is 16.8. The highest BCUT2D eigenvalue weighted by Gasteiger charge is 2.47. The summed E-state index contributed by atoms with van der Waals surface area (Å²) in [6.45, 7) is 8.41. The minimum absolute atomic E-state index is 0.918. The number of allylic oxidation sites excluding steroid dienone is 2. The lowest BCUT2D eigenvalue weighted by atomic mass is 10.2. The van der Waals surface area contributed by atoms with Crippen molar-refractivity contribution in [2.75, 3.05) is 0 Å². The summed E-state index contributed by atoms with van der Waals surface area (Å²) in [4.78, 5) is 0. The Morgan fingerprint density at radius 3 is 1.59 bits per heavy atom. The van der Waals surface area contributed by atoms with Gasteiger partial charge in [0.25, 0.3) is 0 Å². The fraction of sp³-hybridized carbons (Fsp3) is 0.172. The van der Waals surface area contributed by atoms with Crippen LogP contribution in [0.25, 0.3) is 0 Å². The van der Waals surface area contributed by atoms with E-state index in [4.69, 9.17) is 8.23 Å². The average Bonchev–Trinajstić information content (AvgIpc) is 3.45. The van der Waals surface area contributed by atoms with E-state index in [0.29, 0.717) is 0 Å². The van der Waals surface area contributed by atoms with Gasteiger partial charge in [-0.3, -0.25) is 0 Å². The standard InChI is InChI=1S/C29H34O2Si3/c1-3-32(24-26-16-8-5-9-17-26)30-34(29-22-14-15-23-29,28-20-12-7-13-21-28)31-33(4-2)25-27-18-10-6-11-19-27/h3-13,16-22,32-33H,1-2,14-15,23-25H2. The van der Waals surface area contributed by atoms with Crippen molar-refractivity contribution in [1.29, 1.82) is 0 Å². The van der Waals surface area contributed by atoms with Gasteiger partial charge in [0.1, 0.15) is 0 Å². The zero-order chi connectivity index (χ0) is 23.6. The Kier molecular flexibility index (Phi) is 8.85. The molecule has 3 aromatic carbocycles. The van der Waals surface area contributed by atoms with Crippen LogP contribution in [0.15, 0.2) is 127 Å². The summed E-state index contributed by atoms with van der Waals surface area (Å²) in [7, 11) is -6.47. The Hall–Kier alpha value is -2.55. The fourth-order valence-corrected chi connectivity index (χ4v) is 16.2. The van der Waals surface area contributed by atoms with Crippen LogP contribution < -0.4 is 5.19 Å². The molecule has 0 radical (unpaired) electrons. The Labute approximate surface area is 209 Å². The molecule has 1 aliphatic rings. The SMILES string of the molecule is C=C[SiH](Cc1ccccc1)O[Si](O[SiH](C=C)Cc1ccccc1)(C1=CCCC1)c1ccccc1. The highest BCUT2D eigenvalue weighted by Crippen LogP contribution is 2.31. The molecule has 0 aromatic heterocycles. The van der Waals surface area contributed by atoms with E-state index in [2.05, 4.69) is 122 Å². The molecular formula is C29H34O2Si3. The minimum Gasteiger partial charge on any atom is -0.429 e. The van der Waals surface area contributed by atoms with Gasteiger partial charge in [-0.05, 0) is 52.9 Å². The Bertz CT molecular complexity index is 1030. The summed E-state index contributed by atoms with van der Waals surface area (Å²) >= 11 is 0. The van der Waals surface area contributed by atoms with Gasteiger partial charge in [-0.25, -0.2) is 0 Å². The van der Waals surface area contributed by atoms with E-state index in [1.165, 1.54) is 27.9 Å². The minimum atomic E-state index is -2.87. The molecule has 0 spiro atoms. The van der Waals surface area contributed by atoms with E-state index < -0.39 is 26.6 Å². The Balaban J connectivity index is 1.72. The molecule has 0 saturated carbocycles. The first-order valence-corrected chi connectivity index (χ1v) is 17.9. The highest BCUT2D eigenvalue weighted by molar-refractivity contribution is 6.95. The second-order valence-corrected chi connectivity index (χ2v) is 17.0. The van der Waals surface area contributed by atoms with Gasteiger partial charge in [0, 0.05) is 0 Å². The van der Waals surface area contributed by atoms with Crippen molar-refractivity contribution in [3.8, 4) is 0 Å². The van der Waals surface area contributed by atoms with Crippen LogP contribution in [0.2, 0.25) is 0 Å². The molecule has 3 aromatic rings. The van der Waals surface area contributed by atoms with E-state index in [0.717, 1.165) is 24.9 Å². The van der Waals surface area contributed by atoms with Crippen LogP contribution in [0.3, 0.4) is 0 Å². The molecule has 1 aliphatic carbocycles. The van der Waals surface area contributed by atoms with Crippen LogP contribution in [0.5, 0.6) is 0 Å². The second kappa shape index (κ2) is 12.2. The maximum absolute atomic E-state index is 7.29. The van der Waals surface area contributed by atoms with Gasteiger partial charge >= 0.3 is 8.56 Å². The van der Waals surface area contributed by atoms with Crippen molar-refractivity contribution in [3.05, 3.63) is 138 Å². The first-order chi connectivity index (χ1) is 16.7. The summed E-state index contributed by atoms with van der Waals surface area (Å²) in [5.74, 6) is 0. The second-order valence-electron chi connectivity index (χ2n) is 8.77. The molecule has 2 atom stereocenters. The third kappa shape index (κ3) is 6.11. The molecular weight excluding hydrogens is 465 g/mol. The molecule has 0 saturated heterocycles. The molecule has 0 bridgehead atoms. The molecule has 0 aliphatic heterocycles. The Morgan fingerprint density at radius 2 is 1.18 bits per heavy atom. The Morgan fingerprint density at radius 1 is 0.706 bits per heavy atom. The molecule has 34 heavy (non-hydrogen) atoms. The predicted molar refractivity (Wildman–Crippen MR) is 151 cm³/mol. The van der Waals surface area contributed by atoms with E-state index in [-0.39, 0.29) is 0 Å². The zero-order valence-corrected chi connectivity index (χ0v) is 23.1. The van der Waals surface area contributed by atoms with Crippen molar-refractivity contribution in [2.24, 2.45) is 0 Å². The fourth-order valence-electron chi connectivity index (χ4n) is 4.59. The highest BCUT2D eigenvalue weighted by atomic mass is 28.5. The van der Waals surface area contributed by atoms with Gasteiger partial charge in [0.05, 0.1) is 0 Å². The lowest BCUT2D eigenvalue weighted by Gasteiger charge is -2.38. The van der Waals surface area contributed by atoms with Crippen LogP contribution in [0.4, 0.5) is 0 Å². The van der Waals surface area contributed by atoms with E-state index >= 15 is 0 Å². The number of hydrogen-bond donors (Lipinski definition) is 0. The first-order valence-electron chi connectivity index (χ1n) is 12.2. The quantitative estimate of drug-likeness (QED) is 0.308. The third-order valence-corrected chi connectivity index (χ3v) is 16.6. The lowest BCUT2D eigenvalue weighted by Crippen LogP contribution is -2.61. The number of hydrogen-bond acceptors (Lipinski definition) is 2. The average molecular weight is 499 g/mol. The molecule has 174 valence electrons. The molecule has 0 N–H and O–H groups in total. The molecule has 4 rings (SSSR count). The van der Waals surface area contributed by atoms with E-state index in [1.807, 2.05) is 0 Å². The summed E-state index contributed by atoms with van der Waals surface area (Å²) in [5.41, 5.74) is 6.77. The molecule has 0 heterocycles. The van der Waals surface area contributed by atoms with Crippen LogP contribution >= 0.6 is 0 Å². The van der Waals surface area contributed by atoms with Crippen molar-refractivity contribution in [3.63, 3.8) is 0 Å². The van der Waals surface area contributed by atoms with E-state index in [1.54, 1.807) is 0 Å². The predicted octanol–water partition coefficient (Wildman–Crippen LogP) is 5.48. The smallest absolute Gasteiger partial charge is 0.382 e. The summed E-state index contributed by atoms with van der Waals surface area (Å²) in [5, 5.41) is 2.60. The van der Waals surface area contributed by atoms with Crippen molar-refractivity contribution >= 4 is 31.8 Å². The molecule has 0 amide bonds.